The van der Waals surface area contributed by atoms with E-state index in [9.17, 15) is 9.90 Å². The highest BCUT2D eigenvalue weighted by molar-refractivity contribution is 6.30. The van der Waals surface area contributed by atoms with E-state index in [-0.39, 0.29) is 18.4 Å². The highest BCUT2D eigenvalue weighted by Gasteiger charge is 2.15. The third-order valence-corrected chi connectivity index (χ3v) is 3.95. The Bertz CT molecular complexity index is 443. The predicted molar refractivity (Wildman–Crippen MR) is 82.2 cm³/mol. The predicted octanol–water partition coefficient (Wildman–Crippen LogP) is 2.84. The molecule has 1 aromatic carbocycles. The molecule has 0 saturated carbocycles. The van der Waals surface area contributed by atoms with Gasteiger partial charge in [-0.1, -0.05) is 23.7 Å². The molecule has 0 unspecified atom stereocenters. The summed E-state index contributed by atoms with van der Waals surface area (Å²) >= 11 is 5.79. The molecule has 0 radical (unpaired) electrons. The standard InChI is InChI=1S/C16H22ClNO3/c17-13-6-4-12(5-7-13)15(19)11-16(20)18-9-8-14-3-1-2-10-21-14/h4-7,14-15,19H,1-3,8-11H2,(H,18,20)/t14-,15-/m0/s1. The maximum Gasteiger partial charge on any atom is 0.222 e. The van der Waals surface area contributed by atoms with Gasteiger partial charge in [-0.15, -0.1) is 0 Å². The molecule has 1 heterocycles. The van der Waals surface area contributed by atoms with Crippen molar-refractivity contribution in [2.45, 2.75) is 44.3 Å². The molecule has 0 aromatic heterocycles. The number of carbonyl (C=O) groups is 1. The Kier molecular flexibility index (Phi) is 6.49. The Labute approximate surface area is 130 Å². The number of carbonyl (C=O) groups excluding carboxylic acids is 1. The molecule has 1 aliphatic rings. The number of aliphatic hydroxyl groups excluding tert-OH is 1. The van der Waals surface area contributed by atoms with Crippen LogP contribution in [0.1, 0.15) is 43.8 Å². The van der Waals surface area contributed by atoms with E-state index in [1.807, 2.05) is 0 Å². The van der Waals surface area contributed by atoms with Crippen molar-refractivity contribution in [3.05, 3.63) is 34.9 Å². The average molecular weight is 312 g/mol. The lowest BCUT2D eigenvalue weighted by Crippen LogP contribution is -2.30. The molecule has 21 heavy (non-hydrogen) atoms. The molecule has 1 fully saturated rings. The van der Waals surface area contributed by atoms with Crippen LogP contribution in [0.25, 0.3) is 0 Å². The maximum absolute atomic E-state index is 11.8. The third kappa shape index (κ3) is 5.65. The molecule has 5 heteroatoms. The smallest absolute Gasteiger partial charge is 0.222 e. The van der Waals surface area contributed by atoms with E-state index in [1.54, 1.807) is 24.3 Å². The Morgan fingerprint density at radius 2 is 2.14 bits per heavy atom. The summed E-state index contributed by atoms with van der Waals surface area (Å²) in [5.74, 6) is -0.145. The number of aliphatic hydroxyl groups is 1. The topological polar surface area (TPSA) is 58.6 Å². The van der Waals surface area contributed by atoms with Gasteiger partial charge in [0.05, 0.1) is 18.6 Å². The zero-order chi connectivity index (χ0) is 15.1. The fourth-order valence-corrected chi connectivity index (χ4v) is 2.58. The van der Waals surface area contributed by atoms with Crippen LogP contribution in [0, 0.1) is 0 Å². The molecular weight excluding hydrogens is 290 g/mol. The highest BCUT2D eigenvalue weighted by Crippen LogP contribution is 2.19. The van der Waals surface area contributed by atoms with Crippen LogP contribution in [0.15, 0.2) is 24.3 Å². The summed E-state index contributed by atoms with van der Waals surface area (Å²) in [6.45, 7) is 1.42. The van der Waals surface area contributed by atoms with Gasteiger partial charge in [0.1, 0.15) is 0 Å². The van der Waals surface area contributed by atoms with Crippen LogP contribution < -0.4 is 5.32 Å². The molecular formula is C16H22ClNO3. The molecule has 116 valence electrons. The Morgan fingerprint density at radius 1 is 1.38 bits per heavy atom. The van der Waals surface area contributed by atoms with Gasteiger partial charge in [-0.05, 0) is 43.4 Å². The summed E-state index contributed by atoms with van der Waals surface area (Å²) < 4.78 is 5.61. The first kappa shape index (κ1) is 16.3. The zero-order valence-electron chi connectivity index (χ0n) is 12.1. The van der Waals surface area contributed by atoms with Gasteiger partial charge in [0.15, 0.2) is 0 Å². The molecule has 0 bridgehead atoms. The summed E-state index contributed by atoms with van der Waals surface area (Å²) in [6.07, 6.45) is 3.77. The summed E-state index contributed by atoms with van der Waals surface area (Å²) in [5, 5.41) is 13.5. The van der Waals surface area contributed by atoms with Crippen molar-refractivity contribution in [1.29, 1.82) is 0 Å². The normalized spacial score (nSPS) is 20.0. The van der Waals surface area contributed by atoms with Crippen molar-refractivity contribution >= 4 is 17.5 Å². The van der Waals surface area contributed by atoms with E-state index < -0.39 is 6.10 Å². The van der Waals surface area contributed by atoms with Gasteiger partial charge in [0.2, 0.25) is 5.91 Å². The van der Waals surface area contributed by atoms with Crippen LogP contribution in [0.5, 0.6) is 0 Å². The molecule has 1 aliphatic heterocycles. The lowest BCUT2D eigenvalue weighted by molar-refractivity contribution is -0.123. The van der Waals surface area contributed by atoms with Gasteiger partial charge in [-0.2, -0.15) is 0 Å². The molecule has 4 nitrogen and oxygen atoms in total. The lowest BCUT2D eigenvalue weighted by atomic mass is 10.1. The second-order valence-corrected chi connectivity index (χ2v) is 5.84. The molecule has 2 rings (SSSR count). The number of halogens is 1. The van der Waals surface area contributed by atoms with E-state index in [0.717, 1.165) is 25.9 Å². The highest BCUT2D eigenvalue weighted by atomic mass is 35.5. The number of benzene rings is 1. The first-order chi connectivity index (χ1) is 10.1. The molecule has 0 spiro atoms. The Balaban J connectivity index is 1.67. The van der Waals surface area contributed by atoms with Crippen LogP contribution in [0.2, 0.25) is 5.02 Å². The largest absolute Gasteiger partial charge is 0.388 e. The Hall–Kier alpha value is -1.10. The summed E-state index contributed by atoms with van der Waals surface area (Å²) in [7, 11) is 0. The first-order valence-electron chi connectivity index (χ1n) is 7.47. The van der Waals surface area contributed by atoms with Crippen molar-refractivity contribution in [2.75, 3.05) is 13.2 Å². The quantitative estimate of drug-likeness (QED) is 0.849. The molecule has 0 aliphatic carbocycles. The fourth-order valence-electron chi connectivity index (χ4n) is 2.46. The average Bonchev–Trinajstić information content (AvgIpc) is 2.49. The lowest BCUT2D eigenvalue weighted by Gasteiger charge is -2.22. The zero-order valence-corrected chi connectivity index (χ0v) is 12.8. The van der Waals surface area contributed by atoms with E-state index in [2.05, 4.69) is 5.32 Å². The third-order valence-electron chi connectivity index (χ3n) is 3.70. The van der Waals surface area contributed by atoms with Gasteiger partial charge >= 0.3 is 0 Å². The van der Waals surface area contributed by atoms with Gasteiger partial charge in [-0.3, -0.25) is 4.79 Å². The fraction of sp³-hybridized carbons (Fsp3) is 0.562. The number of amides is 1. The summed E-state index contributed by atoms with van der Waals surface area (Å²) in [6, 6.07) is 6.88. The number of hydrogen-bond acceptors (Lipinski definition) is 3. The van der Waals surface area contributed by atoms with Crippen molar-refractivity contribution in [1.82, 2.24) is 5.32 Å². The monoisotopic (exact) mass is 311 g/mol. The summed E-state index contributed by atoms with van der Waals surface area (Å²) in [5.41, 5.74) is 0.699. The maximum atomic E-state index is 11.8. The minimum Gasteiger partial charge on any atom is -0.388 e. The first-order valence-corrected chi connectivity index (χ1v) is 7.85. The molecule has 2 atom stereocenters. The molecule has 1 aromatic rings. The van der Waals surface area contributed by atoms with Gasteiger partial charge in [-0.25, -0.2) is 0 Å². The molecule has 1 amide bonds. The number of nitrogens with one attached hydrogen (secondary N) is 1. The van der Waals surface area contributed by atoms with Crippen molar-refractivity contribution in [2.24, 2.45) is 0 Å². The van der Waals surface area contributed by atoms with Gasteiger partial charge in [0.25, 0.3) is 0 Å². The minimum absolute atomic E-state index is 0.0627. The molecule has 2 N–H and O–H groups in total. The number of hydrogen-bond donors (Lipinski definition) is 2. The Morgan fingerprint density at radius 3 is 2.81 bits per heavy atom. The SMILES string of the molecule is O=C(C[C@H](O)c1ccc(Cl)cc1)NCC[C@@H]1CCCCO1. The van der Waals surface area contributed by atoms with Gasteiger partial charge in [0, 0.05) is 18.2 Å². The van der Waals surface area contributed by atoms with Crippen LogP contribution in [0.3, 0.4) is 0 Å². The number of ether oxygens (including phenoxy) is 1. The van der Waals surface area contributed by atoms with E-state index in [0.29, 0.717) is 17.1 Å². The summed E-state index contributed by atoms with van der Waals surface area (Å²) in [4.78, 5) is 11.8. The van der Waals surface area contributed by atoms with Crippen molar-refractivity contribution < 1.29 is 14.6 Å². The van der Waals surface area contributed by atoms with Gasteiger partial charge < -0.3 is 15.2 Å². The second kappa shape index (κ2) is 8.37. The number of rotatable bonds is 6. The van der Waals surface area contributed by atoms with Crippen molar-refractivity contribution in [3.63, 3.8) is 0 Å². The van der Waals surface area contributed by atoms with E-state index in [1.165, 1.54) is 6.42 Å². The van der Waals surface area contributed by atoms with E-state index >= 15 is 0 Å². The molecule has 1 saturated heterocycles. The van der Waals surface area contributed by atoms with E-state index in [4.69, 9.17) is 16.3 Å². The second-order valence-electron chi connectivity index (χ2n) is 5.40. The van der Waals surface area contributed by atoms with Crippen LogP contribution >= 0.6 is 11.6 Å². The minimum atomic E-state index is -0.798. The van der Waals surface area contributed by atoms with Crippen LogP contribution in [-0.2, 0) is 9.53 Å². The van der Waals surface area contributed by atoms with Crippen LogP contribution in [-0.4, -0.2) is 30.3 Å². The van der Waals surface area contributed by atoms with Crippen LogP contribution in [0.4, 0.5) is 0 Å². The van der Waals surface area contributed by atoms with Crippen molar-refractivity contribution in [3.8, 4) is 0 Å².